The largest absolute Gasteiger partial charge is 0.391 e. The van der Waals surface area contributed by atoms with Gasteiger partial charge in [-0.2, -0.15) is 0 Å². The van der Waals surface area contributed by atoms with Crippen molar-refractivity contribution in [2.75, 3.05) is 19.7 Å². The standard InChI is InChI=1S/C11H19NO3/c1-8-4-5-12(7-9(8)13)11(14)10-3-2-6-15-10/h8-10,13H,2-7H2,1H3/t8?,9?,10-/m0/s1. The van der Waals surface area contributed by atoms with Crippen LogP contribution in [0.1, 0.15) is 26.2 Å². The Morgan fingerprint density at radius 2 is 2.27 bits per heavy atom. The summed E-state index contributed by atoms with van der Waals surface area (Å²) in [6.45, 7) is 3.96. The Bertz CT molecular complexity index is 238. The zero-order valence-electron chi connectivity index (χ0n) is 9.19. The molecule has 3 atom stereocenters. The molecule has 2 rings (SSSR count). The van der Waals surface area contributed by atoms with Crippen LogP contribution >= 0.6 is 0 Å². The topological polar surface area (TPSA) is 49.8 Å². The van der Waals surface area contributed by atoms with Gasteiger partial charge < -0.3 is 14.7 Å². The third-order valence-electron chi connectivity index (χ3n) is 3.44. The first-order valence-corrected chi connectivity index (χ1v) is 5.77. The summed E-state index contributed by atoms with van der Waals surface area (Å²) in [6.07, 6.45) is 2.08. The van der Waals surface area contributed by atoms with E-state index in [1.807, 2.05) is 6.92 Å². The van der Waals surface area contributed by atoms with Crippen LogP contribution in [0, 0.1) is 5.92 Å². The van der Waals surface area contributed by atoms with E-state index in [1.54, 1.807) is 4.90 Å². The maximum absolute atomic E-state index is 11.9. The highest BCUT2D eigenvalue weighted by Gasteiger charge is 2.32. The number of hydrogen-bond donors (Lipinski definition) is 1. The molecular weight excluding hydrogens is 194 g/mol. The summed E-state index contributed by atoms with van der Waals surface area (Å²) < 4.78 is 5.36. The van der Waals surface area contributed by atoms with Crippen molar-refractivity contribution in [3.05, 3.63) is 0 Å². The van der Waals surface area contributed by atoms with Crippen molar-refractivity contribution >= 4 is 5.91 Å². The molecule has 4 nitrogen and oxygen atoms in total. The highest BCUT2D eigenvalue weighted by atomic mass is 16.5. The number of rotatable bonds is 1. The molecule has 2 heterocycles. The first-order chi connectivity index (χ1) is 7.18. The van der Waals surface area contributed by atoms with Crippen LogP contribution in [0.15, 0.2) is 0 Å². The predicted molar refractivity (Wildman–Crippen MR) is 55.3 cm³/mol. The van der Waals surface area contributed by atoms with Crippen molar-refractivity contribution in [1.82, 2.24) is 4.90 Å². The number of amides is 1. The maximum atomic E-state index is 11.9. The second-order valence-electron chi connectivity index (χ2n) is 4.62. The van der Waals surface area contributed by atoms with Crippen molar-refractivity contribution in [3.63, 3.8) is 0 Å². The lowest BCUT2D eigenvalue weighted by Gasteiger charge is -2.35. The molecular formula is C11H19NO3. The van der Waals surface area contributed by atoms with Crippen LogP contribution in [-0.4, -0.2) is 47.8 Å². The number of ether oxygens (including phenoxy) is 1. The van der Waals surface area contributed by atoms with E-state index in [9.17, 15) is 9.90 Å². The third-order valence-corrected chi connectivity index (χ3v) is 3.44. The van der Waals surface area contributed by atoms with Crippen LogP contribution in [0.25, 0.3) is 0 Å². The first-order valence-electron chi connectivity index (χ1n) is 5.77. The molecule has 0 aromatic rings. The highest BCUT2D eigenvalue weighted by molar-refractivity contribution is 5.81. The minimum Gasteiger partial charge on any atom is -0.391 e. The highest BCUT2D eigenvalue weighted by Crippen LogP contribution is 2.21. The van der Waals surface area contributed by atoms with Crippen molar-refractivity contribution < 1.29 is 14.6 Å². The molecule has 1 N–H and O–H groups in total. The number of likely N-dealkylation sites (tertiary alicyclic amines) is 1. The molecule has 0 radical (unpaired) electrons. The van der Waals surface area contributed by atoms with Gasteiger partial charge in [0, 0.05) is 19.7 Å². The summed E-state index contributed by atoms with van der Waals surface area (Å²) in [5, 5.41) is 9.71. The molecule has 2 aliphatic heterocycles. The Labute approximate surface area is 90.2 Å². The van der Waals surface area contributed by atoms with Crippen LogP contribution in [-0.2, 0) is 9.53 Å². The molecule has 0 aliphatic carbocycles. The SMILES string of the molecule is CC1CCN(C(=O)[C@@H]2CCCO2)CC1O. The number of nitrogens with zero attached hydrogens (tertiary/aromatic N) is 1. The van der Waals surface area contributed by atoms with Gasteiger partial charge in [-0.3, -0.25) is 4.79 Å². The van der Waals surface area contributed by atoms with Crippen LogP contribution in [0.5, 0.6) is 0 Å². The Morgan fingerprint density at radius 1 is 1.47 bits per heavy atom. The lowest BCUT2D eigenvalue weighted by Crippen LogP contribution is -2.49. The summed E-state index contributed by atoms with van der Waals surface area (Å²) >= 11 is 0. The van der Waals surface area contributed by atoms with Crippen LogP contribution in [0.3, 0.4) is 0 Å². The zero-order chi connectivity index (χ0) is 10.8. The molecule has 15 heavy (non-hydrogen) atoms. The van der Waals surface area contributed by atoms with Crippen LogP contribution in [0.4, 0.5) is 0 Å². The van der Waals surface area contributed by atoms with E-state index >= 15 is 0 Å². The van der Waals surface area contributed by atoms with Gasteiger partial charge in [-0.25, -0.2) is 0 Å². The fourth-order valence-corrected chi connectivity index (χ4v) is 2.23. The summed E-state index contributed by atoms with van der Waals surface area (Å²) in [7, 11) is 0. The summed E-state index contributed by atoms with van der Waals surface area (Å²) in [4.78, 5) is 13.7. The molecule has 1 amide bonds. The van der Waals surface area contributed by atoms with Crippen molar-refractivity contribution in [1.29, 1.82) is 0 Å². The molecule has 2 aliphatic rings. The third kappa shape index (κ3) is 2.32. The number of aliphatic hydroxyl groups is 1. The van der Waals surface area contributed by atoms with E-state index in [0.717, 1.165) is 25.8 Å². The van der Waals surface area contributed by atoms with Gasteiger partial charge in [-0.1, -0.05) is 6.92 Å². The molecule has 0 aromatic carbocycles. The summed E-state index contributed by atoms with van der Waals surface area (Å²) in [6, 6.07) is 0. The monoisotopic (exact) mass is 213 g/mol. The lowest BCUT2D eigenvalue weighted by atomic mass is 9.95. The van der Waals surface area contributed by atoms with Gasteiger partial charge in [-0.05, 0) is 25.2 Å². The van der Waals surface area contributed by atoms with Gasteiger partial charge in [0.05, 0.1) is 6.10 Å². The van der Waals surface area contributed by atoms with Crippen LogP contribution in [0.2, 0.25) is 0 Å². The normalized spacial score (nSPS) is 36.9. The summed E-state index contributed by atoms with van der Waals surface area (Å²) in [5.41, 5.74) is 0. The van der Waals surface area contributed by atoms with Crippen LogP contribution < -0.4 is 0 Å². The second-order valence-corrected chi connectivity index (χ2v) is 4.62. The average molecular weight is 213 g/mol. The fraction of sp³-hybridized carbons (Fsp3) is 0.909. The van der Waals surface area contributed by atoms with Gasteiger partial charge >= 0.3 is 0 Å². The molecule has 0 saturated carbocycles. The van der Waals surface area contributed by atoms with E-state index in [0.29, 0.717) is 19.1 Å². The van der Waals surface area contributed by atoms with E-state index in [1.165, 1.54) is 0 Å². The fourth-order valence-electron chi connectivity index (χ4n) is 2.23. The zero-order valence-corrected chi connectivity index (χ0v) is 9.19. The Balaban J connectivity index is 1.90. The van der Waals surface area contributed by atoms with E-state index in [2.05, 4.69) is 0 Å². The van der Waals surface area contributed by atoms with E-state index in [-0.39, 0.29) is 18.1 Å². The van der Waals surface area contributed by atoms with Crippen molar-refractivity contribution in [3.8, 4) is 0 Å². The quantitative estimate of drug-likeness (QED) is 0.685. The number of piperidine rings is 1. The smallest absolute Gasteiger partial charge is 0.251 e. The number of β-amino-alcohol motifs (C(OH)–C–C–N with tert-alkyl or cyclic N) is 1. The summed E-state index contributed by atoms with van der Waals surface area (Å²) in [5.74, 6) is 0.372. The Hall–Kier alpha value is -0.610. The number of hydrogen-bond acceptors (Lipinski definition) is 3. The van der Waals surface area contributed by atoms with Gasteiger partial charge in [-0.15, -0.1) is 0 Å². The minimum atomic E-state index is -0.371. The lowest BCUT2D eigenvalue weighted by molar-refractivity contribution is -0.145. The first kappa shape index (κ1) is 10.9. The van der Waals surface area contributed by atoms with E-state index < -0.39 is 0 Å². The molecule has 86 valence electrons. The number of carbonyl (C=O) groups is 1. The average Bonchev–Trinajstić information content (AvgIpc) is 2.74. The molecule has 2 fully saturated rings. The molecule has 2 unspecified atom stereocenters. The predicted octanol–water partition coefficient (Wildman–Crippen LogP) is 0.395. The van der Waals surface area contributed by atoms with Gasteiger partial charge in [0.25, 0.3) is 5.91 Å². The van der Waals surface area contributed by atoms with Crippen molar-refractivity contribution in [2.45, 2.75) is 38.4 Å². The molecule has 0 bridgehead atoms. The number of aliphatic hydroxyl groups excluding tert-OH is 1. The maximum Gasteiger partial charge on any atom is 0.251 e. The van der Waals surface area contributed by atoms with E-state index in [4.69, 9.17) is 4.74 Å². The molecule has 2 saturated heterocycles. The second kappa shape index (κ2) is 4.49. The minimum absolute atomic E-state index is 0.0680. The molecule has 0 spiro atoms. The Kier molecular flexibility index (Phi) is 3.26. The number of carbonyl (C=O) groups excluding carboxylic acids is 1. The molecule has 4 heteroatoms. The van der Waals surface area contributed by atoms with Crippen molar-refractivity contribution in [2.24, 2.45) is 5.92 Å². The molecule has 0 aromatic heterocycles. The van der Waals surface area contributed by atoms with Gasteiger partial charge in [0.15, 0.2) is 0 Å². The van der Waals surface area contributed by atoms with Gasteiger partial charge in [0.1, 0.15) is 6.10 Å². The van der Waals surface area contributed by atoms with Gasteiger partial charge in [0.2, 0.25) is 0 Å². The Morgan fingerprint density at radius 3 is 2.87 bits per heavy atom.